The molecule has 3 rings (SSSR count). The van der Waals surface area contributed by atoms with Gasteiger partial charge in [0.2, 0.25) is 5.88 Å². The molecular weight excluding hydrogens is 436 g/mol. The van der Waals surface area contributed by atoms with Gasteiger partial charge in [-0.1, -0.05) is 18.2 Å². The maximum absolute atomic E-state index is 13.2. The summed E-state index contributed by atoms with van der Waals surface area (Å²) in [4.78, 5) is 30.3. The third kappa shape index (κ3) is 5.99. The molecule has 0 unspecified atom stereocenters. The fourth-order valence-electron chi connectivity index (χ4n) is 3.07. The molecule has 1 aromatic carbocycles. The number of aromatic nitrogens is 2. The van der Waals surface area contributed by atoms with Gasteiger partial charge in [0.15, 0.2) is 11.5 Å². The number of pyridine rings is 1. The highest BCUT2D eigenvalue weighted by molar-refractivity contribution is 6.01. The summed E-state index contributed by atoms with van der Waals surface area (Å²) in [5.74, 6) is 0.119. The average molecular weight is 463 g/mol. The Hall–Kier alpha value is -4.16. The summed E-state index contributed by atoms with van der Waals surface area (Å²) in [7, 11) is 1.50. The Kier molecular flexibility index (Phi) is 8.37. The highest BCUT2D eigenvalue weighted by Crippen LogP contribution is 2.31. The predicted octanol–water partition coefficient (Wildman–Crippen LogP) is 3.33. The van der Waals surface area contributed by atoms with E-state index in [1.165, 1.54) is 17.6 Å². The molecule has 34 heavy (non-hydrogen) atoms. The van der Waals surface area contributed by atoms with Crippen molar-refractivity contribution in [3.63, 3.8) is 0 Å². The van der Waals surface area contributed by atoms with Crippen molar-refractivity contribution in [2.24, 2.45) is 0 Å². The Morgan fingerprint density at radius 2 is 1.94 bits per heavy atom. The van der Waals surface area contributed by atoms with Crippen molar-refractivity contribution in [1.29, 1.82) is 5.26 Å². The summed E-state index contributed by atoms with van der Waals surface area (Å²) in [6.07, 6.45) is 3.43. The molecule has 9 nitrogen and oxygen atoms in total. The van der Waals surface area contributed by atoms with Crippen molar-refractivity contribution in [3.05, 3.63) is 70.2 Å². The second kappa shape index (κ2) is 11.6. The summed E-state index contributed by atoms with van der Waals surface area (Å²) in [6.45, 7) is 4.66. The summed E-state index contributed by atoms with van der Waals surface area (Å²) in [5.41, 5.74) is -0.419. The van der Waals surface area contributed by atoms with Gasteiger partial charge in [0.1, 0.15) is 22.9 Å². The number of ether oxygens (including phenoxy) is 3. The number of fused-ring (bicyclic) bond motifs is 1. The standard InChI is InChI=1S/C25H26N4O5/c1-17(2)33-14-8-12-27-23(30)18(16-26)15-19-24(34-21-10-5-4-9-20(21)32-3)28-22-11-6-7-13-29(22)25(19)31/h4-7,9-11,13,15,17H,8,12,14H2,1-3H3,(H,27,30). The number of methoxy groups -OCH3 is 1. The number of hydrogen-bond acceptors (Lipinski definition) is 7. The van der Waals surface area contributed by atoms with Gasteiger partial charge in [-0.3, -0.25) is 14.0 Å². The number of benzene rings is 1. The maximum Gasteiger partial charge on any atom is 0.269 e. The molecular formula is C25H26N4O5. The van der Waals surface area contributed by atoms with E-state index in [0.717, 1.165) is 0 Å². The Morgan fingerprint density at radius 3 is 2.65 bits per heavy atom. The minimum absolute atomic E-state index is 0.0375. The lowest BCUT2D eigenvalue weighted by Gasteiger charge is -2.12. The van der Waals surface area contributed by atoms with E-state index in [9.17, 15) is 14.9 Å². The highest BCUT2D eigenvalue weighted by Gasteiger charge is 2.18. The number of carbonyl (C=O) groups excluding carboxylic acids is 1. The molecule has 0 aliphatic carbocycles. The van der Waals surface area contributed by atoms with Gasteiger partial charge in [-0.05, 0) is 50.6 Å². The van der Waals surface area contributed by atoms with Crippen LogP contribution in [-0.4, -0.2) is 41.7 Å². The first-order valence-corrected chi connectivity index (χ1v) is 10.8. The molecule has 1 amide bonds. The highest BCUT2D eigenvalue weighted by atomic mass is 16.5. The van der Waals surface area contributed by atoms with Crippen LogP contribution in [0.3, 0.4) is 0 Å². The van der Waals surface area contributed by atoms with Crippen LogP contribution in [0, 0.1) is 11.3 Å². The molecule has 0 atom stereocenters. The second-order valence-electron chi connectivity index (χ2n) is 7.52. The van der Waals surface area contributed by atoms with Crippen molar-refractivity contribution in [3.8, 4) is 23.4 Å². The molecule has 0 bridgehead atoms. The topological polar surface area (TPSA) is 115 Å². The van der Waals surface area contributed by atoms with Crippen molar-refractivity contribution in [2.75, 3.05) is 20.3 Å². The third-order valence-electron chi connectivity index (χ3n) is 4.72. The number of amides is 1. The van der Waals surface area contributed by atoms with Crippen molar-refractivity contribution in [2.45, 2.75) is 26.4 Å². The number of carbonyl (C=O) groups is 1. The molecule has 0 saturated heterocycles. The second-order valence-corrected chi connectivity index (χ2v) is 7.52. The van der Waals surface area contributed by atoms with Crippen LogP contribution in [0.15, 0.2) is 59.0 Å². The van der Waals surface area contributed by atoms with Gasteiger partial charge in [-0.2, -0.15) is 10.2 Å². The zero-order chi connectivity index (χ0) is 24.5. The van der Waals surface area contributed by atoms with Gasteiger partial charge in [-0.25, -0.2) is 0 Å². The first-order valence-electron chi connectivity index (χ1n) is 10.8. The van der Waals surface area contributed by atoms with Gasteiger partial charge in [0.25, 0.3) is 11.5 Å². The summed E-state index contributed by atoms with van der Waals surface area (Å²) in [6, 6.07) is 13.8. The SMILES string of the molecule is COc1ccccc1Oc1nc2ccccn2c(=O)c1C=C(C#N)C(=O)NCCCOC(C)C. The number of hydrogen-bond donors (Lipinski definition) is 1. The van der Waals surface area contributed by atoms with Crippen LogP contribution in [-0.2, 0) is 9.53 Å². The average Bonchev–Trinajstić information content (AvgIpc) is 2.84. The number of nitrogens with one attached hydrogen (secondary N) is 1. The largest absolute Gasteiger partial charge is 0.493 e. The summed E-state index contributed by atoms with van der Waals surface area (Å²) >= 11 is 0. The van der Waals surface area contributed by atoms with Gasteiger partial charge in [0.05, 0.1) is 13.2 Å². The first-order chi connectivity index (χ1) is 16.4. The lowest BCUT2D eigenvalue weighted by atomic mass is 10.1. The lowest BCUT2D eigenvalue weighted by molar-refractivity contribution is -0.117. The normalized spacial score (nSPS) is 11.3. The minimum Gasteiger partial charge on any atom is -0.493 e. The molecule has 3 aromatic rings. The van der Waals surface area contributed by atoms with Crippen molar-refractivity contribution >= 4 is 17.6 Å². The summed E-state index contributed by atoms with van der Waals surface area (Å²) < 4.78 is 18.0. The van der Waals surface area contributed by atoms with Crippen LogP contribution in [0.25, 0.3) is 11.7 Å². The smallest absolute Gasteiger partial charge is 0.269 e. The molecule has 0 saturated carbocycles. The zero-order valence-corrected chi connectivity index (χ0v) is 19.3. The van der Waals surface area contributed by atoms with Crippen LogP contribution in [0.5, 0.6) is 17.4 Å². The van der Waals surface area contributed by atoms with E-state index < -0.39 is 11.5 Å². The molecule has 0 aliphatic rings. The molecule has 2 heterocycles. The molecule has 0 radical (unpaired) electrons. The molecule has 0 aliphatic heterocycles. The minimum atomic E-state index is -0.604. The van der Waals surface area contributed by atoms with E-state index in [2.05, 4.69) is 10.3 Å². The van der Waals surface area contributed by atoms with Crippen LogP contribution in [0.2, 0.25) is 0 Å². The van der Waals surface area contributed by atoms with E-state index in [0.29, 0.717) is 36.7 Å². The fourth-order valence-corrected chi connectivity index (χ4v) is 3.07. The van der Waals surface area contributed by atoms with Crippen molar-refractivity contribution < 1.29 is 19.0 Å². The Balaban J connectivity index is 1.97. The number of para-hydroxylation sites is 2. The van der Waals surface area contributed by atoms with Gasteiger partial charge in [0, 0.05) is 19.3 Å². The van der Waals surface area contributed by atoms with Crippen LogP contribution in [0.4, 0.5) is 0 Å². The summed E-state index contributed by atoms with van der Waals surface area (Å²) in [5, 5.41) is 12.3. The van der Waals surface area contributed by atoms with Crippen molar-refractivity contribution in [1.82, 2.24) is 14.7 Å². The third-order valence-corrected chi connectivity index (χ3v) is 4.72. The Labute approximate surface area is 197 Å². The van der Waals surface area contributed by atoms with E-state index in [1.54, 1.807) is 48.7 Å². The van der Waals surface area contributed by atoms with Crippen LogP contribution in [0.1, 0.15) is 25.8 Å². The van der Waals surface area contributed by atoms with Crippen LogP contribution >= 0.6 is 0 Å². The van der Waals surface area contributed by atoms with Gasteiger partial charge in [-0.15, -0.1) is 0 Å². The van der Waals surface area contributed by atoms with Gasteiger partial charge < -0.3 is 19.5 Å². The van der Waals surface area contributed by atoms with E-state index in [4.69, 9.17) is 14.2 Å². The molecule has 2 aromatic heterocycles. The quantitative estimate of drug-likeness (QED) is 0.279. The molecule has 0 fully saturated rings. The molecule has 0 spiro atoms. The number of rotatable bonds is 10. The van der Waals surface area contributed by atoms with E-state index in [-0.39, 0.29) is 23.1 Å². The number of nitrogens with zero attached hydrogens (tertiary/aromatic N) is 3. The van der Waals surface area contributed by atoms with Gasteiger partial charge >= 0.3 is 0 Å². The first kappa shape index (κ1) is 24.5. The molecule has 9 heteroatoms. The number of nitriles is 1. The Bertz CT molecular complexity index is 1290. The predicted molar refractivity (Wildman–Crippen MR) is 127 cm³/mol. The zero-order valence-electron chi connectivity index (χ0n) is 19.3. The fraction of sp³-hybridized carbons (Fsp3) is 0.280. The maximum atomic E-state index is 13.2. The van der Waals surface area contributed by atoms with E-state index >= 15 is 0 Å². The lowest BCUT2D eigenvalue weighted by Crippen LogP contribution is -2.27. The molecule has 1 N–H and O–H groups in total. The van der Waals surface area contributed by atoms with Crippen LogP contribution < -0.4 is 20.3 Å². The molecule has 176 valence electrons. The monoisotopic (exact) mass is 462 g/mol. The van der Waals surface area contributed by atoms with E-state index in [1.807, 2.05) is 19.9 Å². The Morgan fingerprint density at radius 1 is 1.21 bits per heavy atom.